The molecule has 0 radical (unpaired) electrons. The topological polar surface area (TPSA) is 55.1 Å². The van der Waals surface area contributed by atoms with Crippen LogP contribution in [0.4, 0.5) is 0 Å². The second-order valence-electron chi connectivity index (χ2n) is 5.88. The molecule has 0 unspecified atom stereocenters. The minimum absolute atomic E-state index is 0.104. The fourth-order valence-corrected chi connectivity index (χ4v) is 3.62. The lowest BCUT2D eigenvalue weighted by molar-refractivity contribution is 0.0952. The number of pyridine rings is 1. The van der Waals surface area contributed by atoms with E-state index in [0.717, 1.165) is 32.6 Å². The highest BCUT2D eigenvalue weighted by Gasteiger charge is 2.12. The van der Waals surface area contributed by atoms with E-state index in [1.54, 1.807) is 0 Å². The molecule has 1 N–H and O–H groups in total. The number of nitrogens with zero attached hydrogens (tertiary/aromatic N) is 1. The van der Waals surface area contributed by atoms with Crippen molar-refractivity contribution in [2.75, 3.05) is 0 Å². The number of nitrogens with one attached hydrogen (secondary N) is 1. The van der Waals surface area contributed by atoms with Crippen LogP contribution in [0.3, 0.4) is 0 Å². The van der Waals surface area contributed by atoms with Crippen LogP contribution in [-0.4, -0.2) is 10.9 Å². The smallest absolute Gasteiger partial charge is 0.261 e. The van der Waals surface area contributed by atoms with Crippen LogP contribution in [0.25, 0.3) is 21.1 Å². The standard InChI is InChI=1S/C19H16N2O2S/c1-11-3-5-13-8-14-9-17(24-19(14)21-16(13)7-11)18(22)20-10-15-6-4-12(2)23-15/h3-9H,10H2,1-2H3,(H,20,22). The molecule has 24 heavy (non-hydrogen) atoms. The van der Waals surface area contributed by atoms with Gasteiger partial charge in [-0.1, -0.05) is 12.1 Å². The lowest BCUT2D eigenvalue weighted by atomic mass is 10.1. The van der Waals surface area contributed by atoms with Gasteiger partial charge in [-0.15, -0.1) is 11.3 Å². The molecule has 1 amide bonds. The average molecular weight is 336 g/mol. The fourth-order valence-electron chi connectivity index (χ4n) is 2.68. The average Bonchev–Trinajstić information content (AvgIpc) is 3.16. The lowest BCUT2D eigenvalue weighted by Crippen LogP contribution is -2.21. The quantitative estimate of drug-likeness (QED) is 0.595. The Bertz CT molecular complexity index is 1060. The Morgan fingerprint density at radius 2 is 2.00 bits per heavy atom. The number of hydrogen-bond acceptors (Lipinski definition) is 4. The molecule has 3 aromatic heterocycles. The largest absolute Gasteiger partial charge is 0.465 e. The molecule has 0 saturated carbocycles. The van der Waals surface area contributed by atoms with E-state index in [1.165, 1.54) is 16.9 Å². The normalized spacial score (nSPS) is 11.2. The lowest BCUT2D eigenvalue weighted by Gasteiger charge is -2.00. The number of thiophene rings is 1. The van der Waals surface area contributed by atoms with Crippen molar-refractivity contribution in [1.29, 1.82) is 0 Å². The van der Waals surface area contributed by atoms with Gasteiger partial charge in [0.05, 0.1) is 16.9 Å². The van der Waals surface area contributed by atoms with Crippen molar-refractivity contribution in [3.05, 3.63) is 64.4 Å². The SMILES string of the molecule is Cc1ccc2cc3cc(C(=O)NCc4ccc(C)o4)sc3nc2c1. The predicted octanol–water partition coefficient (Wildman–Crippen LogP) is 4.59. The molecular formula is C19H16N2O2S. The number of carbonyl (C=O) groups is 1. The number of fused-ring (bicyclic) bond motifs is 2. The summed E-state index contributed by atoms with van der Waals surface area (Å²) in [6, 6.07) is 13.9. The number of hydrogen-bond donors (Lipinski definition) is 1. The zero-order valence-corrected chi connectivity index (χ0v) is 14.2. The summed E-state index contributed by atoms with van der Waals surface area (Å²) in [5.41, 5.74) is 2.14. The highest BCUT2D eigenvalue weighted by atomic mass is 32.1. The first-order valence-corrected chi connectivity index (χ1v) is 8.54. The second kappa shape index (κ2) is 5.76. The predicted molar refractivity (Wildman–Crippen MR) is 96.5 cm³/mol. The number of amides is 1. The third-order valence-corrected chi connectivity index (χ3v) is 4.95. The number of benzene rings is 1. The summed E-state index contributed by atoms with van der Waals surface area (Å²) in [7, 11) is 0. The van der Waals surface area contributed by atoms with Gasteiger partial charge in [0.1, 0.15) is 16.4 Å². The molecule has 5 heteroatoms. The maximum atomic E-state index is 12.4. The van der Waals surface area contributed by atoms with E-state index in [9.17, 15) is 4.79 Å². The molecule has 0 fully saturated rings. The molecule has 0 spiro atoms. The van der Waals surface area contributed by atoms with E-state index in [0.29, 0.717) is 11.4 Å². The molecular weight excluding hydrogens is 320 g/mol. The molecule has 4 aromatic rings. The minimum atomic E-state index is -0.104. The maximum Gasteiger partial charge on any atom is 0.261 e. The van der Waals surface area contributed by atoms with Crippen molar-refractivity contribution in [2.24, 2.45) is 0 Å². The van der Waals surface area contributed by atoms with E-state index < -0.39 is 0 Å². The van der Waals surface area contributed by atoms with Gasteiger partial charge in [-0.3, -0.25) is 4.79 Å². The Hall–Kier alpha value is -2.66. The summed E-state index contributed by atoms with van der Waals surface area (Å²) in [6.07, 6.45) is 0. The molecule has 0 saturated heterocycles. The summed E-state index contributed by atoms with van der Waals surface area (Å²) in [4.78, 5) is 18.6. The van der Waals surface area contributed by atoms with Gasteiger partial charge in [0, 0.05) is 10.8 Å². The number of aryl methyl sites for hydroxylation is 2. The van der Waals surface area contributed by atoms with Gasteiger partial charge >= 0.3 is 0 Å². The molecule has 0 aliphatic heterocycles. The van der Waals surface area contributed by atoms with Crippen molar-refractivity contribution in [1.82, 2.24) is 10.3 Å². The van der Waals surface area contributed by atoms with Crippen LogP contribution in [0.15, 0.2) is 46.9 Å². The van der Waals surface area contributed by atoms with Crippen molar-refractivity contribution in [2.45, 2.75) is 20.4 Å². The zero-order valence-electron chi connectivity index (χ0n) is 13.4. The van der Waals surface area contributed by atoms with Gasteiger partial charge in [0.15, 0.2) is 0 Å². The Morgan fingerprint density at radius 3 is 2.79 bits per heavy atom. The van der Waals surface area contributed by atoms with Crippen LogP contribution in [0.5, 0.6) is 0 Å². The zero-order chi connectivity index (χ0) is 16.7. The Labute approximate surface area is 143 Å². The number of furan rings is 1. The first kappa shape index (κ1) is 14.9. The minimum Gasteiger partial charge on any atom is -0.465 e. The van der Waals surface area contributed by atoms with E-state index in [2.05, 4.69) is 41.5 Å². The third-order valence-electron chi connectivity index (χ3n) is 3.90. The molecule has 4 rings (SSSR count). The van der Waals surface area contributed by atoms with Crippen molar-refractivity contribution >= 4 is 38.4 Å². The molecule has 0 atom stereocenters. The van der Waals surface area contributed by atoms with Gasteiger partial charge in [0.25, 0.3) is 5.91 Å². The van der Waals surface area contributed by atoms with Gasteiger partial charge in [-0.2, -0.15) is 0 Å². The molecule has 120 valence electrons. The summed E-state index contributed by atoms with van der Waals surface area (Å²) < 4.78 is 5.47. The van der Waals surface area contributed by atoms with Crippen LogP contribution in [-0.2, 0) is 6.54 Å². The van der Waals surface area contributed by atoms with Crippen LogP contribution in [0.2, 0.25) is 0 Å². The monoisotopic (exact) mass is 336 g/mol. The molecule has 0 bridgehead atoms. The van der Waals surface area contributed by atoms with E-state index in [1.807, 2.05) is 25.1 Å². The molecule has 1 aromatic carbocycles. The number of carbonyl (C=O) groups excluding carboxylic acids is 1. The van der Waals surface area contributed by atoms with Crippen LogP contribution < -0.4 is 5.32 Å². The van der Waals surface area contributed by atoms with Crippen LogP contribution >= 0.6 is 11.3 Å². The second-order valence-corrected chi connectivity index (χ2v) is 6.92. The first-order valence-electron chi connectivity index (χ1n) is 7.73. The fraction of sp³-hybridized carbons (Fsp3) is 0.158. The highest BCUT2D eigenvalue weighted by Crippen LogP contribution is 2.28. The van der Waals surface area contributed by atoms with Crippen molar-refractivity contribution < 1.29 is 9.21 Å². The third kappa shape index (κ3) is 2.78. The van der Waals surface area contributed by atoms with Gasteiger partial charge in [-0.25, -0.2) is 4.98 Å². The molecule has 4 nitrogen and oxygen atoms in total. The maximum absolute atomic E-state index is 12.4. The van der Waals surface area contributed by atoms with Gasteiger partial charge in [0.2, 0.25) is 0 Å². The van der Waals surface area contributed by atoms with Crippen molar-refractivity contribution in [3.8, 4) is 0 Å². The van der Waals surface area contributed by atoms with Gasteiger partial charge in [-0.05, 0) is 49.7 Å². The van der Waals surface area contributed by atoms with Crippen molar-refractivity contribution in [3.63, 3.8) is 0 Å². The highest BCUT2D eigenvalue weighted by molar-refractivity contribution is 7.20. The molecule has 0 aliphatic carbocycles. The van der Waals surface area contributed by atoms with Crippen LogP contribution in [0.1, 0.15) is 26.8 Å². The first-order chi connectivity index (χ1) is 11.6. The number of rotatable bonds is 3. The van der Waals surface area contributed by atoms with Gasteiger partial charge < -0.3 is 9.73 Å². The summed E-state index contributed by atoms with van der Waals surface area (Å²) in [5, 5.41) is 4.97. The van der Waals surface area contributed by atoms with E-state index >= 15 is 0 Å². The van der Waals surface area contributed by atoms with Crippen LogP contribution in [0, 0.1) is 13.8 Å². The summed E-state index contributed by atoms with van der Waals surface area (Å²) >= 11 is 1.41. The molecule has 3 heterocycles. The Balaban J connectivity index is 1.61. The summed E-state index contributed by atoms with van der Waals surface area (Å²) in [6.45, 7) is 4.32. The molecule has 0 aliphatic rings. The Morgan fingerprint density at radius 1 is 1.12 bits per heavy atom. The number of aromatic nitrogens is 1. The van der Waals surface area contributed by atoms with E-state index in [-0.39, 0.29) is 5.91 Å². The van der Waals surface area contributed by atoms with E-state index in [4.69, 9.17) is 4.42 Å². The summed E-state index contributed by atoms with van der Waals surface area (Å²) in [5.74, 6) is 1.49. The Kier molecular flexibility index (Phi) is 3.58.